The van der Waals surface area contributed by atoms with E-state index in [-0.39, 0.29) is 6.54 Å². The number of rotatable bonds is 8. The molecule has 2 rings (SSSR count). The molecule has 6 nitrogen and oxygen atoms in total. The number of hydrogen-bond acceptors (Lipinski definition) is 5. The summed E-state index contributed by atoms with van der Waals surface area (Å²) in [6.07, 6.45) is 2.22. The number of hydrogen-bond donors (Lipinski definition) is 1. The molecule has 0 spiro atoms. The maximum absolute atomic E-state index is 10.9. The quantitative estimate of drug-likeness (QED) is 0.806. The number of aromatic nitrogens is 2. The topological polar surface area (TPSA) is 75.6 Å². The van der Waals surface area contributed by atoms with Gasteiger partial charge in [-0.2, -0.15) is 0 Å². The van der Waals surface area contributed by atoms with Crippen molar-refractivity contribution in [1.82, 2.24) is 9.97 Å². The molecule has 6 heteroatoms. The maximum atomic E-state index is 10.9. The average molecular weight is 301 g/mol. The lowest BCUT2D eigenvalue weighted by Crippen LogP contribution is -2.31. The number of anilines is 1. The van der Waals surface area contributed by atoms with Gasteiger partial charge in [0.1, 0.15) is 25.3 Å². The van der Waals surface area contributed by atoms with E-state index in [1.807, 2.05) is 37.3 Å². The van der Waals surface area contributed by atoms with Crippen LogP contribution in [0.5, 0.6) is 5.88 Å². The van der Waals surface area contributed by atoms with Crippen molar-refractivity contribution in [3.8, 4) is 5.88 Å². The second kappa shape index (κ2) is 7.97. The number of carboxylic acids is 1. The Morgan fingerprint density at radius 1 is 1.27 bits per heavy atom. The van der Waals surface area contributed by atoms with E-state index in [1.165, 1.54) is 6.33 Å². The van der Waals surface area contributed by atoms with Crippen LogP contribution in [0.25, 0.3) is 0 Å². The van der Waals surface area contributed by atoms with Gasteiger partial charge in [0.15, 0.2) is 0 Å². The van der Waals surface area contributed by atoms with Crippen LogP contribution in [0.1, 0.15) is 18.9 Å². The molecule has 22 heavy (non-hydrogen) atoms. The highest BCUT2D eigenvalue weighted by molar-refractivity contribution is 5.73. The summed E-state index contributed by atoms with van der Waals surface area (Å²) in [6.45, 7) is 2.91. The summed E-state index contributed by atoms with van der Waals surface area (Å²) in [7, 11) is 0. The van der Waals surface area contributed by atoms with Gasteiger partial charge in [0.2, 0.25) is 5.88 Å². The van der Waals surface area contributed by atoms with Crippen molar-refractivity contribution in [3.63, 3.8) is 0 Å². The lowest BCUT2D eigenvalue weighted by Gasteiger charge is -2.21. The molecule has 0 amide bonds. The fourth-order valence-electron chi connectivity index (χ4n) is 2.02. The van der Waals surface area contributed by atoms with Gasteiger partial charge in [-0.3, -0.25) is 4.79 Å². The molecule has 0 atom stereocenters. The van der Waals surface area contributed by atoms with Gasteiger partial charge >= 0.3 is 5.97 Å². The Balaban J connectivity index is 2.06. The van der Waals surface area contributed by atoms with Crippen molar-refractivity contribution in [1.29, 1.82) is 0 Å². The van der Waals surface area contributed by atoms with Crippen LogP contribution in [-0.2, 0) is 11.4 Å². The Hall–Kier alpha value is -2.63. The second-order valence-corrected chi connectivity index (χ2v) is 4.80. The standard InChI is InChI=1S/C16H19N3O3/c1-2-8-19(10-16(20)21)14-9-15(18-12-17-14)22-11-13-6-4-3-5-7-13/h3-7,9,12H,2,8,10-11H2,1H3,(H,20,21). The number of nitrogens with zero attached hydrogens (tertiary/aromatic N) is 3. The summed E-state index contributed by atoms with van der Waals surface area (Å²) < 4.78 is 5.64. The fraction of sp³-hybridized carbons (Fsp3) is 0.312. The molecule has 0 aliphatic rings. The van der Waals surface area contributed by atoms with E-state index in [9.17, 15) is 4.79 Å². The minimum atomic E-state index is -0.890. The molecule has 1 aromatic heterocycles. The molecular weight excluding hydrogens is 282 g/mol. The largest absolute Gasteiger partial charge is 0.480 e. The van der Waals surface area contributed by atoms with Gasteiger partial charge in [-0.05, 0) is 12.0 Å². The molecule has 1 aromatic carbocycles. The van der Waals surface area contributed by atoms with Gasteiger partial charge in [-0.15, -0.1) is 0 Å². The van der Waals surface area contributed by atoms with Crippen LogP contribution in [0.15, 0.2) is 42.7 Å². The first-order valence-electron chi connectivity index (χ1n) is 7.14. The predicted octanol–water partition coefficient (Wildman–Crippen LogP) is 2.36. The molecule has 0 saturated carbocycles. The van der Waals surface area contributed by atoms with E-state index in [0.29, 0.717) is 24.8 Å². The molecule has 0 aliphatic carbocycles. The normalized spacial score (nSPS) is 10.2. The van der Waals surface area contributed by atoms with Crippen molar-refractivity contribution >= 4 is 11.8 Å². The minimum Gasteiger partial charge on any atom is -0.480 e. The van der Waals surface area contributed by atoms with Gasteiger partial charge in [-0.25, -0.2) is 9.97 Å². The monoisotopic (exact) mass is 301 g/mol. The molecular formula is C16H19N3O3. The van der Waals surface area contributed by atoms with Crippen LogP contribution in [0.3, 0.4) is 0 Å². The number of ether oxygens (including phenoxy) is 1. The molecule has 0 unspecified atom stereocenters. The Kier molecular flexibility index (Phi) is 5.71. The van der Waals surface area contributed by atoms with Crippen molar-refractivity contribution in [3.05, 3.63) is 48.3 Å². The van der Waals surface area contributed by atoms with E-state index in [0.717, 1.165) is 12.0 Å². The van der Waals surface area contributed by atoms with Crippen molar-refractivity contribution in [2.45, 2.75) is 20.0 Å². The smallest absolute Gasteiger partial charge is 0.323 e. The highest BCUT2D eigenvalue weighted by atomic mass is 16.5. The highest BCUT2D eigenvalue weighted by Crippen LogP contribution is 2.17. The molecule has 0 saturated heterocycles. The third-order valence-electron chi connectivity index (χ3n) is 3.00. The van der Waals surface area contributed by atoms with Gasteiger partial charge < -0.3 is 14.7 Å². The SMILES string of the molecule is CCCN(CC(=O)O)c1cc(OCc2ccccc2)ncn1. The van der Waals surface area contributed by atoms with Crippen LogP contribution in [0.4, 0.5) is 5.82 Å². The Labute approximate surface area is 129 Å². The Bertz CT molecular complexity index is 605. The first-order chi connectivity index (χ1) is 10.7. The van der Waals surface area contributed by atoms with Crippen molar-refractivity contribution in [2.75, 3.05) is 18.0 Å². The van der Waals surface area contributed by atoms with Crippen LogP contribution in [0.2, 0.25) is 0 Å². The first kappa shape index (κ1) is 15.8. The van der Waals surface area contributed by atoms with Gasteiger partial charge in [-0.1, -0.05) is 37.3 Å². The highest BCUT2D eigenvalue weighted by Gasteiger charge is 2.12. The lowest BCUT2D eigenvalue weighted by atomic mass is 10.2. The zero-order valence-electron chi connectivity index (χ0n) is 12.5. The summed E-state index contributed by atoms with van der Waals surface area (Å²) in [6, 6.07) is 11.4. The van der Waals surface area contributed by atoms with Gasteiger partial charge in [0.05, 0.1) is 0 Å². The number of aliphatic carboxylic acids is 1. The summed E-state index contributed by atoms with van der Waals surface area (Å²) >= 11 is 0. The third kappa shape index (κ3) is 4.73. The molecule has 0 fully saturated rings. The summed E-state index contributed by atoms with van der Waals surface area (Å²) in [4.78, 5) is 20.8. The fourth-order valence-corrected chi connectivity index (χ4v) is 2.02. The van der Waals surface area contributed by atoms with E-state index in [1.54, 1.807) is 11.0 Å². The predicted molar refractivity (Wildman–Crippen MR) is 82.9 cm³/mol. The summed E-state index contributed by atoms with van der Waals surface area (Å²) in [5, 5.41) is 8.98. The molecule has 2 aromatic rings. The molecule has 116 valence electrons. The zero-order valence-corrected chi connectivity index (χ0v) is 12.5. The third-order valence-corrected chi connectivity index (χ3v) is 3.00. The van der Waals surface area contributed by atoms with E-state index < -0.39 is 5.97 Å². The Morgan fingerprint density at radius 2 is 2.05 bits per heavy atom. The van der Waals surface area contributed by atoms with E-state index in [4.69, 9.17) is 9.84 Å². The molecule has 0 aliphatic heterocycles. The van der Waals surface area contributed by atoms with Crippen LogP contribution in [0, 0.1) is 0 Å². The minimum absolute atomic E-state index is 0.0943. The number of carboxylic acid groups (broad SMARTS) is 1. The van der Waals surface area contributed by atoms with E-state index in [2.05, 4.69) is 9.97 Å². The molecule has 1 N–H and O–H groups in total. The van der Waals surface area contributed by atoms with Gasteiger partial charge in [0, 0.05) is 12.6 Å². The number of carbonyl (C=O) groups is 1. The molecule has 0 radical (unpaired) electrons. The Morgan fingerprint density at radius 3 is 2.73 bits per heavy atom. The van der Waals surface area contributed by atoms with Gasteiger partial charge in [0.25, 0.3) is 0 Å². The lowest BCUT2D eigenvalue weighted by molar-refractivity contribution is -0.135. The van der Waals surface area contributed by atoms with E-state index >= 15 is 0 Å². The average Bonchev–Trinajstić information content (AvgIpc) is 2.53. The summed E-state index contributed by atoms with van der Waals surface area (Å²) in [5.74, 6) is 0.0986. The summed E-state index contributed by atoms with van der Waals surface area (Å²) in [5.41, 5.74) is 1.04. The molecule has 0 bridgehead atoms. The van der Waals surface area contributed by atoms with Crippen LogP contribution < -0.4 is 9.64 Å². The molecule has 1 heterocycles. The van der Waals surface area contributed by atoms with Crippen LogP contribution in [-0.4, -0.2) is 34.1 Å². The maximum Gasteiger partial charge on any atom is 0.323 e. The van der Waals surface area contributed by atoms with Crippen molar-refractivity contribution < 1.29 is 14.6 Å². The second-order valence-electron chi connectivity index (χ2n) is 4.80. The zero-order chi connectivity index (χ0) is 15.8. The number of benzene rings is 1. The van der Waals surface area contributed by atoms with Crippen molar-refractivity contribution in [2.24, 2.45) is 0 Å². The first-order valence-corrected chi connectivity index (χ1v) is 7.14. The van der Waals surface area contributed by atoms with Crippen LogP contribution >= 0.6 is 0 Å².